The van der Waals surface area contributed by atoms with E-state index in [4.69, 9.17) is 4.74 Å². The van der Waals surface area contributed by atoms with Crippen molar-refractivity contribution in [1.29, 1.82) is 0 Å². The topological polar surface area (TPSA) is 87.7 Å². The standard InChI is InChI=1S/C24H24N6O2/c1-15-13-18(21-11-7-16(2)25-26-21)10-12-23(15)32-14-20-19(17-8-9-17)5-4-6-22(20)30-24(31)29(3)27-28-30/h4-7,10-13,17H,8-9,14H2,1-3H3. The highest BCUT2D eigenvalue weighted by molar-refractivity contribution is 5.61. The van der Waals surface area contributed by atoms with Crippen LogP contribution < -0.4 is 10.4 Å². The van der Waals surface area contributed by atoms with E-state index in [0.29, 0.717) is 12.5 Å². The Morgan fingerprint density at radius 2 is 1.88 bits per heavy atom. The Kier molecular flexibility index (Phi) is 5.05. The van der Waals surface area contributed by atoms with Crippen LogP contribution in [0.3, 0.4) is 0 Å². The van der Waals surface area contributed by atoms with Gasteiger partial charge in [-0.3, -0.25) is 0 Å². The van der Waals surface area contributed by atoms with Crippen molar-refractivity contribution in [2.24, 2.45) is 7.05 Å². The number of hydrogen-bond acceptors (Lipinski definition) is 6. The summed E-state index contributed by atoms with van der Waals surface area (Å²) in [6, 6.07) is 15.9. The van der Waals surface area contributed by atoms with Gasteiger partial charge in [-0.25, -0.2) is 4.79 Å². The van der Waals surface area contributed by atoms with Gasteiger partial charge in [-0.2, -0.15) is 19.6 Å². The van der Waals surface area contributed by atoms with Crippen molar-refractivity contribution in [1.82, 2.24) is 30.0 Å². The maximum Gasteiger partial charge on any atom is 0.368 e. The van der Waals surface area contributed by atoms with Gasteiger partial charge >= 0.3 is 5.69 Å². The molecule has 2 aromatic carbocycles. The summed E-state index contributed by atoms with van der Waals surface area (Å²) in [5.41, 5.74) is 6.34. The van der Waals surface area contributed by atoms with Gasteiger partial charge in [0, 0.05) is 18.2 Å². The van der Waals surface area contributed by atoms with Crippen molar-refractivity contribution in [3.05, 3.63) is 81.4 Å². The van der Waals surface area contributed by atoms with Gasteiger partial charge < -0.3 is 4.74 Å². The van der Waals surface area contributed by atoms with Gasteiger partial charge in [0.05, 0.1) is 17.1 Å². The van der Waals surface area contributed by atoms with Crippen LogP contribution in [0.25, 0.3) is 16.9 Å². The molecule has 162 valence electrons. The van der Waals surface area contributed by atoms with Gasteiger partial charge in [0.1, 0.15) is 12.4 Å². The molecule has 0 saturated heterocycles. The number of aromatic nitrogens is 6. The second-order valence-corrected chi connectivity index (χ2v) is 8.24. The van der Waals surface area contributed by atoms with Gasteiger partial charge in [0.2, 0.25) is 0 Å². The molecule has 5 rings (SSSR count). The molecule has 0 amide bonds. The lowest BCUT2D eigenvalue weighted by Gasteiger charge is -2.16. The molecule has 0 spiro atoms. The minimum Gasteiger partial charge on any atom is -0.489 e. The molecular weight excluding hydrogens is 404 g/mol. The highest BCUT2D eigenvalue weighted by Gasteiger charge is 2.28. The van der Waals surface area contributed by atoms with Gasteiger partial charge in [-0.15, -0.1) is 0 Å². The Bertz CT molecular complexity index is 1340. The number of hydrogen-bond donors (Lipinski definition) is 0. The number of benzene rings is 2. The molecule has 0 aliphatic heterocycles. The first-order valence-electron chi connectivity index (χ1n) is 10.7. The van der Waals surface area contributed by atoms with E-state index in [1.165, 1.54) is 14.9 Å². The van der Waals surface area contributed by atoms with Gasteiger partial charge in [-0.05, 0) is 90.6 Å². The molecular formula is C24H24N6O2. The first kappa shape index (κ1) is 20.1. The molecule has 32 heavy (non-hydrogen) atoms. The van der Waals surface area contributed by atoms with E-state index in [9.17, 15) is 4.79 Å². The van der Waals surface area contributed by atoms with Gasteiger partial charge in [-0.1, -0.05) is 12.1 Å². The van der Waals surface area contributed by atoms with Crippen LogP contribution in [0.1, 0.15) is 41.1 Å². The molecule has 1 saturated carbocycles. The van der Waals surface area contributed by atoms with Crippen LogP contribution in [0.4, 0.5) is 0 Å². The summed E-state index contributed by atoms with van der Waals surface area (Å²) in [5, 5.41) is 16.3. The monoisotopic (exact) mass is 428 g/mol. The molecule has 2 aromatic heterocycles. The Morgan fingerprint density at radius 3 is 2.53 bits per heavy atom. The SMILES string of the molecule is Cc1ccc(-c2ccc(OCc3c(C4CC4)cccc3-n3nnn(C)c3=O)c(C)c2)nn1. The van der Waals surface area contributed by atoms with E-state index in [2.05, 4.69) is 32.8 Å². The van der Waals surface area contributed by atoms with Crippen LogP contribution in [0.15, 0.2) is 53.3 Å². The van der Waals surface area contributed by atoms with Crippen LogP contribution in [0.2, 0.25) is 0 Å². The first-order valence-corrected chi connectivity index (χ1v) is 10.7. The summed E-state index contributed by atoms with van der Waals surface area (Å²) >= 11 is 0. The lowest BCUT2D eigenvalue weighted by Crippen LogP contribution is -2.23. The quantitative estimate of drug-likeness (QED) is 0.467. The second-order valence-electron chi connectivity index (χ2n) is 8.24. The fourth-order valence-corrected chi connectivity index (χ4v) is 3.86. The van der Waals surface area contributed by atoms with E-state index < -0.39 is 0 Å². The molecule has 8 heteroatoms. The molecule has 1 fully saturated rings. The number of nitrogens with zero attached hydrogens (tertiary/aromatic N) is 6. The third kappa shape index (κ3) is 3.79. The predicted molar refractivity (Wildman–Crippen MR) is 120 cm³/mol. The Hall–Kier alpha value is -3.81. The number of rotatable bonds is 6. The van der Waals surface area contributed by atoms with E-state index in [1.54, 1.807) is 7.05 Å². The second kappa shape index (κ2) is 8.03. The average molecular weight is 428 g/mol. The molecule has 2 heterocycles. The largest absolute Gasteiger partial charge is 0.489 e. The van der Waals surface area contributed by atoms with E-state index >= 15 is 0 Å². The van der Waals surface area contributed by atoms with E-state index in [0.717, 1.165) is 52.4 Å². The molecule has 1 aliphatic rings. The zero-order valence-corrected chi connectivity index (χ0v) is 18.3. The van der Waals surface area contributed by atoms with Crippen molar-refractivity contribution in [3.8, 4) is 22.7 Å². The molecule has 4 aromatic rings. The fourth-order valence-electron chi connectivity index (χ4n) is 3.86. The third-order valence-electron chi connectivity index (χ3n) is 5.80. The maximum absolute atomic E-state index is 12.5. The molecule has 0 bridgehead atoms. The fraction of sp³-hybridized carbons (Fsp3) is 0.292. The predicted octanol–water partition coefficient (Wildman–Crippen LogP) is 3.50. The molecule has 8 nitrogen and oxygen atoms in total. The summed E-state index contributed by atoms with van der Waals surface area (Å²) in [7, 11) is 1.59. The highest BCUT2D eigenvalue weighted by Crippen LogP contribution is 2.43. The first-order chi connectivity index (χ1) is 15.5. The number of aryl methyl sites for hydroxylation is 3. The number of ether oxygens (including phenoxy) is 1. The summed E-state index contributed by atoms with van der Waals surface area (Å²) in [6.45, 7) is 4.28. The Morgan fingerprint density at radius 1 is 1.03 bits per heavy atom. The Labute approximate surface area is 185 Å². The van der Waals surface area contributed by atoms with Gasteiger partial charge in [0.25, 0.3) is 0 Å². The summed E-state index contributed by atoms with van der Waals surface area (Å²) in [6.07, 6.45) is 2.30. The zero-order valence-electron chi connectivity index (χ0n) is 18.3. The summed E-state index contributed by atoms with van der Waals surface area (Å²) < 4.78 is 8.83. The smallest absolute Gasteiger partial charge is 0.368 e. The van der Waals surface area contributed by atoms with Crippen molar-refractivity contribution in [2.75, 3.05) is 0 Å². The minimum absolute atomic E-state index is 0.279. The van der Waals surface area contributed by atoms with Crippen LogP contribution in [0.5, 0.6) is 5.75 Å². The third-order valence-corrected chi connectivity index (χ3v) is 5.80. The summed E-state index contributed by atoms with van der Waals surface area (Å²) in [5.74, 6) is 1.29. The molecule has 0 N–H and O–H groups in total. The normalized spacial score (nSPS) is 13.3. The maximum atomic E-state index is 12.5. The summed E-state index contributed by atoms with van der Waals surface area (Å²) in [4.78, 5) is 12.5. The lowest BCUT2D eigenvalue weighted by molar-refractivity contribution is 0.302. The minimum atomic E-state index is -0.279. The molecule has 0 unspecified atom stereocenters. The molecule has 0 radical (unpaired) electrons. The van der Waals surface area contributed by atoms with Crippen molar-refractivity contribution < 1.29 is 4.74 Å². The van der Waals surface area contributed by atoms with Crippen LogP contribution in [-0.4, -0.2) is 30.0 Å². The Balaban J connectivity index is 1.45. The van der Waals surface area contributed by atoms with Crippen molar-refractivity contribution in [2.45, 2.75) is 39.2 Å². The van der Waals surface area contributed by atoms with E-state index in [-0.39, 0.29) is 5.69 Å². The van der Waals surface area contributed by atoms with Crippen molar-refractivity contribution in [3.63, 3.8) is 0 Å². The van der Waals surface area contributed by atoms with E-state index in [1.807, 2.05) is 50.2 Å². The molecule has 1 aliphatic carbocycles. The van der Waals surface area contributed by atoms with Crippen LogP contribution in [-0.2, 0) is 13.7 Å². The zero-order chi connectivity index (χ0) is 22.2. The molecule has 0 atom stereocenters. The van der Waals surface area contributed by atoms with Crippen LogP contribution >= 0.6 is 0 Å². The number of tetrazole rings is 1. The average Bonchev–Trinajstić information content (AvgIpc) is 3.59. The van der Waals surface area contributed by atoms with Crippen LogP contribution in [0, 0.1) is 13.8 Å². The van der Waals surface area contributed by atoms with Crippen molar-refractivity contribution >= 4 is 0 Å². The van der Waals surface area contributed by atoms with Gasteiger partial charge in [0.15, 0.2) is 0 Å². The highest BCUT2D eigenvalue weighted by atomic mass is 16.5. The lowest BCUT2D eigenvalue weighted by atomic mass is 10.0.